The van der Waals surface area contributed by atoms with Crippen LogP contribution >= 0.6 is 11.9 Å². The Bertz CT molecular complexity index is 1440. The van der Waals surface area contributed by atoms with Crippen LogP contribution in [0.5, 0.6) is 0 Å². The third-order valence-electron chi connectivity index (χ3n) is 7.85. The summed E-state index contributed by atoms with van der Waals surface area (Å²) < 4.78 is 13.3. The zero-order valence-corrected chi connectivity index (χ0v) is 27.8. The second-order valence-corrected chi connectivity index (χ2v) is 11.6. The maximum Gasteiger partial charge on any atom is 0.227 e. The summed E-state index contributed by atoms with van der Waals surface area (Å²) in [7, 11) is 0. The molecule has 0 saturated carbocycles. The number of pyridine rings is 1. The normalized spacial score (nSPS) is 12.5. The van der Waals surface area contributed by atoms with Crippen LogP contribution in [-0.2, 0) is 37.0 Å². The average Bonchev–Trinajstić information content (AvgIpc) is 3.08. The lowest BCUT2D eigenvalue weighted by Gasteiger charge is -2.26. The monoisotopic (exact) mass is 613 g/mol. The van der Waals surface area contributed by atoms with E-state index in [0.29, 0.717) is 13.0 Å². The molecule has 44 heavy (non-hydrogen) atoms. The fourth-order valence-electron chi connectivity index (χ4n) is 5.31. The Labute approximate surface area is 268 Å². The van der Waals surface area contributed by atoms with Gasteiger partial charge in [0, 0.05) is 22.7 Å². The van der Waals surface area contributed by atoms with E-state index in [1.165, 1.54) is 53.6 Å². The number of fused-ring (bicyclic) bond motifs is 1. The number of amides is 1. The lowest BCUT2D eigenvalue weighted by Crippen LogP contribution is -2.32. The number of carbonyl (C=O) groups excluding carboxylic acids is 1. The molecule has 6 heteroatoms. The Morgan fingerprint density at radius 3 is 2.25 bits per heavy atom. The number of carbonyl (C=O) groups is 1. The van der Waals surface area contributed by atoms with Gasteiger partial charge in [-0.05, 0) is 127 Å². The van der Waals surface area contributed by atoms with Gasteiger partial charge in [0.25, 0.3) is 0 Å². The minimum atomic E-state index is -0.259. The highest BCUT2D eigenvalue weighted by Gasteiger charge is 2.22. The number of rotatable bonds is 9. The molecule has 0 bridgehead atoms. The van der Waals surface area contributed by atoms with E-state index in [9.17, 15) is 9.18 Å². The molecule has 234 valence electrons. The lowest BCUT2D eigenvalue weighted by molar-refractivity contribution is -0.119. The topological polar surface area (TPSA) is 59.2 Å². The van der Waals surface area contributed by atoms with E-state index in [2.05, 4.69) is 44.2 Å². The van der Waals surface area contributed by atoms with E-state index in [1.54, 1.807) is 12.1 Å². The van der Waals surface area contributed by atoms with Crippen LogP contribution in [0.4, 0.5) is 10.1 Å². The van der Waals surface area contributed by atoms with Crippen LogP contribution in [0, 0.1) is 5.82 Å². The van der Waals surface area contributed by atoms with Gasteiger partial charge in [-0.1, -0.05) is 71.0 Å². The maximum atomic E-state index is 13.5. The van der Waals surface area contributed by atoms with E-state index in [4.69, 9.17) is 10.1 Å². The van der Waals surface area contributed by atoms with Gasteiger partial charge in [-0.25, -0.2) is 4.39 Å². The molecule has 1 atom stereocenters. The summed E-state index contributed by atoms with van der Waals surface area (Å²) in [6.07, 6.45) is 6.92. The quantitative estimate of drug-likeness (QED) is 0.191. The predicted molar refractivity (Wildman–Crippen MR) is 185 cm³/mol. The maximum absolute atomic E-state index is 13.5. The van der Waals surface area contributed by atoms with Gasteiger partial charge < -0.3 is 4.90 Å². The van der Waals surface area contributed by atoms with Crippen LogP contribution in [0.25, 0.3) is 0 Å². The van der Waals surface area contributed by atoms with E-state index < -0.39 is 0 Å². The van der Waals surface area contributed by atoms with E-state index in [-0.39, 0.29) is 17.6 Å². The third kappa shape index (κ3) is 10.3. The van der Waals surface area contributed by atoms with Crippen molar-refractivity contribution in [3.63, 3.8) is 0 Å². The van der Waals surface area contributed by atoms with Gasteiger partial charge in [0.2, 0.25) is 5.91 Å². The fraction of sp³-hybridized carbons (Fsp3) is 0.368. The number of hydrogen-bond acceptors (Lipinski definition) is 4. The summed E-state index contributed by atoms with van der Waals surface area (Å²) in [5, 5.41) is 5.39. The highest BCUT2D eigenvalue weighted by Crippen LogP contribution is 2.29. The number of hydrogen-bond donors (Lipinski definition) is 1. The summed E-state index contributed by atoms with van der Waals surface area (Å²) in [6.45, 7) is 10.7. The predicted octanol–water partition coefficient (Wildman–Crippen LogP) is 9.63. The van der Waals surface area contributed by atoms with E-state index in [0.717, 1.165) is 53.2 Å². The number of aryl methyl sites for hydroxylation is 4. The second kappa shape index (κ2) is 18.4. The van der Waals surface area contributed by atoms with Crippen molar-refractivity contribution in [3.8, 4) is 0 Å². The molecule has 0 saturated heterocycles. The molecule has 0 radical (unpaired) electrons. The molecule has 1 aliphatic carbocycles. The third-order valence-corrected chi connectivity index (χ3v) is 8.38. The zero-order chi connectivity index (χ0) is 31.9. The Morgan fingerprint density at radius 2 is 1.57 bits per heavy atom. The minimum Gasteiger partial charge on any atom is -0.306 e. The molecule has 0 spiro atoms. The van der Waals surface area contributed by atoms with Crippen molar-refractivity contribution in [1.29, 1.82) is 0 Å². The number of nitrogens with two attached hydrogens (primary N) is 1. The summed E-state index contributed by atoms with van der Waals surface area (Å²) in [5.74, 6) is -0.204. The van der Waals surface area contributed by atoms with Gasteiger partial charge in [-0.2, -0.15) is 0 Å². The van der Waals surface area contributed by atoms with Crippen LogP contribution in [0.1, 0.15) is 93.4 Å². The fourth-order valence-corrected chi connectivity index (χ4v) is 5.68. The standard InChI is InChI=1S/C28H31FN2O.C8H11NS.C2H6/c1-3-25-9-6-10-26(30-25)19-31(27-16-13-22-7-4-5-8-23(22)18-27)28(32)17-20(2)21-11-14-24(29)15-12-21;1-2-7-4-3-5-8(6-7)10-9;1-2/h6,9-16,18,20H,3-5,7-8,17,19H2,1-2H3;3-6H,2,9H2,1H3;1-2H3/t20-;;/m0../s1. The Hall–Kier alpha value is -3.48. The van der Waals surface area contributed by atoms with E-state index in [1.807, 2.05) is 56.0 Å². The first-order chi connectivity index (χ1) is 21.4. The summed E-state index contributed by atoms with van der Waals surface area (Å²) in [4.78, 5) is 21.3. The van der Waals surface area contributed by atoms with Gasteiger partial charge in [0.1, 0.15) is 5.82 Å². The van der Waals surface area contributed by atoms with Crippen LogP contribution in [-0.4, -0.2) is 10.9 Å². The molecule has 0 unspecified atom stereocenters. The first-order valence-corrected chi connectivity index (χ1v) is 16.9. The number of nitrogens with zero attached hydrogens (tertiary/aromatic N) is 2. The molecule has 1 aromatic heterocycles. The molecule has 1 heterocycles. The first-order valence-electron chi connectivity index (χ1n) is 16.0. The Morgan fingerprint density at radius 1 is 0.886 bits per heavy atom. The average molecular weight is 614 g/mol. The molecule has 4 nitrogen and oxygen atoms in total. The van der Waals surface area contributed by atoms with Gasteiger partial charge in [-0.3, -0.25) is 14.9 Å². The number of benzene rings is 3. The van der Waals surface area contributed by atoms with Gasteiger partial charge in [0.15, 0.2) is 0 Å². The van der Waals surface area contributed by atoms with Crippen molar-refractivity contribution in [2.24, 2.45) is 5.14 Å². The molecule has 4 aromatic rings. The second-order valence-electron chi connectivity index (χ2n) is 10.9. The number of halogens is 1. The summed E-state index contributed by atoms with van der Waals surface area (Å²) in [6, 6.07) is 27.2. The van der Waals surface area contributed by atoms with Gasteiger partial charge in [-0.15, -0.1) is 0 Å². The van der Waals surface area contributed by atoms with Gasteiger partial charge in [0.05, 0.1) is 12.2 Å². The largest absolute Gasteiger partial charge is 0.306 e. The summed E-state index contributed by atoms with van der Waals surface area (Å²) in [5.41, 5.74) is 7.92. The Kier molecular flexibility index (Phi) is 14.6. The summed E-state index contributed by atoms with van der Waals surface area (Å²) >= 11 is 1.30. The molecule has 1 aliphatic rings. The first kappa shape index (κ1) is 35.0. The number of anilines is 1. The molecule has 1 amide bonds. The zero-order valence-electron chi connectivity index (χ0n) is 27.0. The van der Waals surface area contributed by atoms with E-state index >= 15 is 0 Å². The SMILES string of the molecule is CC.CCc1cccc(CN(C(=O)C[C@H](C)c2ccc(F)cc2)c2ccc3c(c2)CCCC3)n1.CCc1cccc(SN)c1. The van der Waals surface area contributed by atoms with Crippen molar-refractivity contribution in [3.05, 3.63) is 124 Å². The van der Waals surface area contributed by atoms with Crippen LogP contribution in [0.3, 0.4) is 0 Å². The highest BCUT2D eigenvalue weighted by atomic mass is 32.2. The van der Waals surface area contributed by atoms with Crippen molar-refractivity contribution in [1.82, 2.24) is 4.98 Å². The smallest absolute Gasteiger partial charge is 0.227 e. The lowest BCUT2D eigenvalue weighted by atomic mass is 9.91. The molecular formula is C38H48FN3OS. The molecule has 3 aromatic carbocycles. The van der Waals surface area contributed by atoms with Crippen LogP contribution in [0.2, 0.25) is 0 Å². The van der Waals surface area contributed by atoms with Crippen molar-refractivity contribution in [2.45, 2.75) is 96.9 Å². The highest BCUT2D eigenvalue weighted by molar-refractivity contribution is 7.97. The molecule has 2 N–H and O–H groups in total. The molecular weight excluding hydrogens is 566 g/mol. The van der Waals surface area contributed by atoms with Crippen LogP contribution < -0.4 is 10.0 Å². The minimum absolute atomic E-state index is 0.00170. The van der Waals surface area contributed by atoms with Crippen LogP contribution in [0.15, 0.2) is 89.8 Å². The van der Waals surface area contributed by atoms with Crippen molar-refractivity contribution < 1.29 is 9.18 Å². The molecule has 5 rings (SSSR count). The number of aromatic nitrogens is 1. The molecule has 0 aliphatic heterocycles. The van der Waals surface area contributed by atoms with Gasteiger partial charge >= 0.3 is 0 Å². The Balaban J connectivity index is 0.000000372. The molecule has 0 fully saturated rings. The van der Waals surface area contributed by atoms with Crippen molar-refractivity contribution in [2.75, 3.05) is 4.90 Å². The van der Waals surface area contributed by atoms with Crippen molar-refractivity contribution >= 4 is 23.5 Å².